The number of nitrogens with zero attached hydrogens (tertiary/aromatic N) is 3. The first-order valence-corrected chi connectivity index (χ1v) is 9.73. The number of aromatic nitrogens is 1. The fourth-order valence-electron chi connectivity index (χ4n) is 3.09. The van der Waals surface area contributed by atoms with E-state index in [1.807, 2.05) is 35.8 Å². The van der Waals surface area contributed by atoms with Crippen molar-refractivity contribution in [1.82, 2.24) is 14.4 Å². The number of pyridine rings is 1. The number of amides is 1. The van der Waals surface area contributed by atoms with Crippen molar-refractivity contribution in [3.8, 4) is 0 Å². The highest BCUT2D eigenvalue weighted by Gasteiger charge is 2.29. The van der Waals surface area contributed by atoms with Gasteiger partial charge < -0.3 is 9.47 Å². The van der Waals surface area contributed by atoms with Crippen LogP contribution < -0.4 is 5.56 Å². The number of rotatable bonds is 5. The van der Waals surface area contributed by atoms with E-state index in [-0.39, 0.29) is 11.5 Å². The molecule has 3 rings (SSSR count). The molecule has 23 heavy (non-hydrogen) atoms. The molecule has 2 aliphatic rings. The topological polar surface area (TPSA) is 45.5 Å². The molecule has 2 heterocycles. The Kier molecular flexibility index (Phi) is 5.11. The molecular formula is C17H25N3O2S. The van der Waals surface area contributed by atoms with Crippen molar-refractivity contribution in [3.63, 3.8) is 0 Å². The smallest absolute Gasteiger partial charge is 0.263 e. The summed E-state index contributed by atoms with van der Waals surface area (Å²) in [5.41, 5.74) is 1.06. The zero-order valence-electron chi connectivity index (χ0n) is 14.0. The first kappa shape index (κ1) is 16.6. The van der Waals surface area contributed by atoms with E-state index in [4.69, 9.17) is 0 Å². The van der Waals surface area contributed by atoms with E-state index < -0.39 is 0 Å². The highest BCUT2D eigenvalue weighted by molar-refractivity contribution is 7.98. The van der Waals surface area contributed by atoms with Crippen molar-refractivity contribution >= 4 is 17.7 Å². The maximum Gasteiger partial charge on any atom is 0.263 e. The van der Waals surface area contributed by atoms with Gasteiger partial charge in [-0.15, -0.1) is 0 Å². The van der Waals surface area contributed by atoms with E-state index in [2.05, 4.69) is 11.2 Å². The number of piperazine rings is 1. The van der Waals surface area contributed by atoms with Crippen LogP contribution in [0.4, 0.5) is 0 Å². The van der Waals surface area contributed by atoms with Crippen LogP contribution in [0.25, 0.3) is 0 Å². The molecule has 1 aromatic rings. The van der Waals surface area contributed by atoms with Gasteiger partial charge in [0.25, 0.3) is 11.5 Å². The molecule has 1 aromatic heterocycles. The van der Waals surface area contributed by atoms with Crippen LogP contribution in [0.5, 0.6) is 0 Å². The van der Waals surface area contributed by atoms with Crippen molar-refractivity contribution < 1.29 is 4.79 Å². The largest absolute Gasteiger partial charge is 0.336 e. The molecule has 0 radical (unpaired) electrons. The second-order valence-electron chi connectivity index (χ2n) is 6.44. The molecule has 0 unspecified atom stereocenters. The predicted octanol–water partition coefficient (Wildman–Crippen LogP) is 1.61. The Hall–Kier alpha value is -1.27. The second-order valence-corrected chi connectivity index (χ2v) is 7.43. The number of thioether (sulfide) groups is 1. The van der Waals surface area contributed by atoms with Gasteiger partial charge in [-0.1, -0.05) is 0 Å². The minimum atomic E-state index is -0.109. The van der Waals surface area contributed by atoms with Crippen LogP contribution in [0.3, 0.4) is 0 Å². The van der Waals surface area contributed by atoms with Crippen LogP contribution >= 0.6 is 11.8 Å². The summed E-state index contributed by atoms with van der Waals surface area (Å²) in [5, 5.41) is 0. The van der Waals surface area contributed by atoms with E-state index in [0.717, 1.165) is 43.8 Å². The van der Waals surface area contributed by atoms with Gasteiger partial charge in [0.15, 0.2) is 0 Å². The van der Waals surface area contributed by atoms with Gasteiger partial charge >= 0.3 is 0 Å². The maximum atomic E-state index is 12.8. The summed E-state index contributed by atoms with van der Waals surface area (Å²) in [5.74, 6) is 1.03. The molecule has 0 N–H and O–H groups in total. The summed E-state index contributed by atoms with van der Waals surface area (Å²) >= 11 is 1.85. The Labute approximate surface area is 141 Å². The lowest BCUT2D eigenvalue weighted by molar-refractivity contribution is 0.0641. The van der Waals surface area contributed by atoms with Gasteiger partial charge in [-0.25, -0.2) is 0 Å². The minimum Gasteiger partial charge on any atom is -0.336 e. The van der Waals surface area contributed by atoms with Gasteiger partial charge in [0.05, 0.1) is 0 Å². The monoisotopic (exact) mass is 335 g/mol. The summed E-state index contributed by atoms with van der Waals surface area (Å²) in [6, 6.07) is 2.21. The molecule has 1 saturated heterocycles. The van der Waals surface area contributed by atoms with Gasteiger partial charge in [0, 0.05) is 50.7 Å². The molecule has 1 aliphatic heterocycles. The van der Waals surface area contributed by atoms with E-state index in [1.54, 1.807) is 4.57 Å². The first-order chi connectivity index (χ1) is 11.1. The molecule has 6 heteroatoms. The van der Waals surface area contributed by atoms with Crippen LogP contribution in [-0.2, 0) is 0 Å². The number of hydrogen-bond donors (Lipinski definition) is 0. The summed E-state index contributed by atoms with van der Waals surface area (Å²) in [6.07, 6.45) is 6.05. The number of carbonyl (C=O) groups is 1. The molecule has 0 aromatic carbocycles. The third-order valence-electron chi connectivity index (χ3n) is 4.75. The molecule has 1 aliphatic carbocycles. The van der Waals surface area contributed by atoms with Crippen LogP contribution in [0.15, 0.2) is 17.1 Å². The molecule has 2 fully saturated rings. The van der Waals surface area contributed by atoms with E-state index in [9.17, 15) is 9.59 Å². The zero-order chi connectivity index (χ0) is 16.4. The van der Waals surface area contributed by atoms with Crippen LogP contribution in [-0.4, -0.2) is 65.0 Å². The Morgan fingerprint density at radius 2 is 1.96 bits per heavy atom. The summed E-state index contributed by atoms with van der Waals surface area (Å²) in [6.45, 7) is 6.15. The predicted molar refractivity (Wildman–Crippen MR) is 94.4 cm³/mol. The minimum absolute atomic E-state index is 0.0907. The van der Waals surface area contributed by atoms with Crippen LogP contribution in [0.2, 0.25) is 0 Å². The zero-order valence-corrected chi connectivity index (χ0v) is 14.8. The van der Waals surface area contributed by atoms with Crippen molar-refractivity contribution in [1.29, 1.82) is 0 Å². The molecular weight excluding hydrogens is 310 g/mol. The van der Waals surface area contributed by atoms with Crippen LogP contribution in [0.1, 0.15) is 34.8 Å². The highest BCUT2D eigenvalue weighted by atomic mass is 32.2. The summed E-state index contributed by atoms with van der Waals surface area (Å²) in [4.78, 5) is 29.7. The Bertz CT molecular complexity index is 631. The van der Waals surface area contributed by atoms with Gasteiger partial charge in [0.2, 0.25) is 0 Å². The van der Waals surface area contributed by atoms with E-state index in [0.29, 0.717) is 24.7 Å². The lowest BCUT2D eigenvalue weighted by atomic mass is 10.1. The first-order valence-electron chi connectivity index (χ1n) is 8.34. The fourth-order valence-corrected chi connectivity index (χ4v) is 3.54. The normalized spacial score (nSPS) is 19.1. The molecule has 1 saturated carbocycles. The quantitative estimate of drug-likeness (QED) is 0.820. The molecule has 0 spiro atoms. The Morgan fingerprint density at radius 1 is 1.26 bits per heavy atom. The third-order valence-corrected chi connectivity index (χ3v) is 5.34. The van der Waals surface area contributed by atoms with Crippen molar-refractivity contribution in [2.24, 2.45) is 0 Å². The average molecular weight is 335 g/mol. The molecule has 0 bridgehead atoms. The standard InChI is InChI=1S/C17H25N3O2S/c1-13-5-6-20(14-3-4-14)17(22)15(13)16(21)19-9-7-18(8-10-19)11-12-23-2/h5-6,14H,3-4,7-12H2,1-2H3. The lowest BCUT2D eigenvalue weighted by Gasteiger charge is -2.34. The number of aryl methyl sites for hydroxylation is 1. The summed E-state index contributed by atoms with van der Waals surface area (Å²) in [7, 11) is 0. The van der Waals surface area contributed by atoms with Crippen molar-refractivity contribution in [2.45, 2.75) is 25.8 Å². The van der Waals surface area contributed by atoms with Gasteiger partial charge in [-0.2, -0.15) is 11.8 Å². The van der Waals surface area contributed by atoms with Crippen LogP contribution in [0, 0.1) is 6.92 Å². The Morgan fingerprint density at radius 3 is 2.57 bits per heavy atom. The molecule has 126 valence electrons. The van der Waals surface area contributed by atoms with Crippen molar-refractivity contribution in [2.75, 3.05) is 44.7 Å². The number of hydrogen-bond acceptors (Lipinski definition) is 4. The highest BCUT2D eigenvalue weighted by Crippen LogP contribution is 2.33. The molecule has 1 amide bonds. The Balaban J connectivity index is 1.72. The van der Waals surface area contributed by atoms with E-state index in [1.165, 1.54) is 0 Å². The maximum absolute atomic E-state index is 12.8. The van der Waals surface area contributed by atoms with E-state index >= 15 is 0 Å². The third kappa shape index (κ3) is 3.63. The molecule has 0 atom stereocenters. The summed E-state index contributed by atoms with van der Waals surface area (Å²) < 4.78 is 1.74. The molecule has 5 nitrogen and oxygen atoms in total. The van der Waals surface area contributed by atoms with Gasteiger partial charge in [-0.05, 0) is 37.7 Å². The second kappa shape index (κ2) is 7.09. The fraction of sp³-hybridized carbons (Fsp3) is 0.647. The average Bonchev–Trinajstić information content (AvgIpc) is 3.38. The van der Waals surface area contributed by atoms with Crippen molar-refractivity contribution in [3.05, 3.63) is 33.7 Å². The van der Waals surface area contributed by atoms with Gasteiger partial charge in [0.1, 0.15) is 5.56 Å². The SMILES string of the molecule is CSCCN1CCN(C(=O)c2c(C)ccn(C3CC3)c2=O)CC1. The number of carbonyl (C=O) groups excluding carboxylic acids is 1. The van der Waals surface area contributed by atoms with Gasteiger partial charge in [-0.3, -0.25) is 14.5 Å². The lowest BCUT2D eigenvalue weighted by Crippen LogP contribution is -2.50.